The molecule has 376 valence electrons. The van der Waals surface area contributed by atoms with Crippen LogP contribution >= 0.6 is 0 Å². The van der Waals surface area contributed by atoms with Crippen LogP contribution in [0.2, 0.25) is 0 Å². The molecule has 15 rings (SSSR count). The van der Waals surface area contributed by atoms with Crippen molar-refractivity contribution in [1.29, 1.82) is 0 Å². The van der Waals surface area contributed by atoms with Crippen molar-refractivity contribution in [2.75, 3.05) is 0 Å². The summed E-state index contributed by atoms with van der Waals surface area (Å²) in [7, 11) is 0. The maximum absolute atomic E-state index is 6.92. The molecule has 0 unspecified atom stereocenters. The Morgan fingerprint density at radius 3 is 1.76 bits per heavy atom. The zero-order valence-corrected chi connectivity index (χ0v) is 45.2. The second-order valence-electron chi connectivity index (χ2n) is 21.2. The van der Waals surface area contributed by atoms with E-state index in [-0.39, 0.29) is 5.41 Å². The third-order valence-corrected chi connectivity index (χ3v) is 16.8. The van der Waals surface area contributed by atoms with E-state index in [2.05, 4.69) is 278 Å². The predicted octanol–water partition coefficient (Wildman–Crippen LogP) is 17.5. The zero-order valence-electron chi connectivity index (χ0n) is 42.9. The van der Waals surface area contributed by atoms with Crippen molar-refractivity contribution in [3.8, 4) is 73.6 Å². The number of pyridine rings is 1. The SMILES string of the molecule is CC(C)(C)c1ccnc(-n2c3[c-]c(Oc4[c-]c(-n5[c](=[Pt])n(-c6c(-c7ccccc7)cccc6-c6ccccc6)c6ccccc65)ccc4)ccc3c3cc4c(cc32)C2(c3ccccc3Oc3ccccc32)c2ccccc2-4)c1. The van der Waals surface area contributed by atoms with Crippen LogP contribution < -0.4 is 9.47 Å². The topological polar surface area (TPSA) is 46.1 Å². The van der Waals surface area contributed by atoms with Crippen LogP contribution in [0.1, 0.15) is 48.6 Å². The molecule has 0 atom stereocenters. The molecule has 0 amide bonds. The molecule has 4 heterocycles. The van der Waals surface area contributed by atoms with Gasteiger partial charge in [-0.2, -0.15) is 0 Å². The smallest absolute Gasteiger partial charge is 0.457 e. The van der Waals surface area contributed by atoms with Gasteiger partial charge in [0.1, 0.15) is 11.5 Å². The van der Waals surface area contributed by atoms with Crippen molar-refractivity contribution >= 4 is 32.8 Å². The summed E-state index contributed by atoms with van der Waals surface area (Å²) < 4.78 is 21.6. The Bertz CT molecular complexity index is 4530. The van der Waals surface area contributed by atoms with Crippen molar-refractivity contribution in [3.05, 3.63) is 280 Å². The Kier molecular flexibility index (Phi) is 10.5. The summed E-state index contributed by atoms with van der Waals surface area (Å²) >= 11 is 2.49. The number of rotatable bonds is 7. The summed E-state index contributed by atoms with van der Waals surface area (Å²) in [6, 6.07) is 89.5. The molecule has 1 aliphatic heterocycles. The van der Waals surface area contributed by atoms with Crippen LogP contribution in [-0.4, -0.2) is 18.7 Å². The number of para-hydroxylation sites is 5. The average molecular weight is 1180 g/mol. The van der Waals surface area contributed by atoms with Crippen LogP contribution in [0.5, 0.6) is 23.0 Å². The standard InChI is InChI=1S/C71H48N4O2.Pt/c1-70(2,3)48-38-39-72-68(40-48)75-64-42-51(36-37-55(64)57-43-56-54-26-10-11-29-58(54)71(61(56)44-65(57)75)59-30-12-16-34-66(59)77-67-35-17-13-31-60(67)71)76-50-25-18-24-49(41-50)73-45-74(63-33-15-14-32-62(63)73)69-52(46-20-6-4-7-21-46)27-19-28-53(69)47-22-8-5-9-23-47;/h4-40,43-44H,1-3H3;/q-2;. The molecule has 0 saturated carbocycles. The van der Waals surface area contributed by atoms with Gasteiger partial charge in [0.05, 0.1) is 5.41 Å². The van der Waals surface area contributed by atoms with Crippen molar-refractivity contribution in [2.24, 2.45) is 0 Å². The molecule has 2 aliphatic rings. The third kappa shape index (κ3) is 6.99. The number of ether oxygens (including phenoxy) is 2. The van der Waals surface area contributed by atoms with Crippen LogP contribution in [0.25, 0.3) is 83.4 Å². The first kappa shape index (κ1) is 46.2. The van der Waals surface area contributed by atoms with E-state index in [9.17, 15) is 0 Å². The summed E-state index contributed by atoms with van der Waals surface area (Å²) in [5, 5.41) is 2.16. The summed E-state index contributed by atoms with van der Waals surface area (Å²) in [5.74, 6) is 3.68. The maximum atomic E-state index is 6.92. The van der Waals surface area contributed by atoms with Gasteiger partial charge in [0.2, 0.25) is 0 Å². The molecule has 13 aromatic rings. The molecule has 0 bridgehead atoms. The molecule has 0 saturated heterocycles. The summed E-state index contributed by atoms with van der Waals surface area (Å²) in [6.07, 6.45) is 1.93. The molecule has 6 nitrogen and oxygen atoms in total. The molecule has 0 fully saturated rings. The van der Waals surface area contributed by atoms with E-state index in [1.165, 1.54) is 27.8 Å². The fourth-order valence-corrected chi connectivity index (χ4v) is 13.4. The second-order valence-corrected chi connectivity index (χ2v) is 22.2. The Morgan fingerprint density at radius 1 is 0.474 bits per heavy atom. The summed E-state index contributed by atoms with van der Waals surface area (Å²) in [6.45, 7) is 6.74. The number of hydrogen-bond acceptors (Lipinski definition) is 3. The van der Waals surface area contributed by atoms with Crippen molar-refractivity contribution < 1.29 is 28.8 Å². The van der Waals surface area contributed by atoms with Gasteiger partial charge in [0.15, 0.2) is 0 Å². The molecule has 3 aromatic heterocycles. The van der Waals surface area contributed by atoms with Crippen molar-refractivity contribution in [2.45, 2.75) is 31.6 Å². The first-order valence-electron chi connectivity index (χ1n) is 26.4. The monoisotopic (exact) mass is 1180 g/mol. The first-order chi connectivity index (χ1) is 38.2. The minimum Gasteiger partial charge on any atom is -0.457 e. The van der Waals surface area contributed by atoms with Gasteiger partial charge in [-0.25, -0.2) is 0 Å². The van der Waals surface area contributed by atoms with Gasteiger partial charge in [0.25, 0.3) is 0 Å². The molecular weight excluding hydrogens is 1140 g/mol. The van der Waals surface area contributed by atoms with E-state index in [0.29, 0.717) is 11.5 Å². The van der Waals surface area contributed by atoms with Crippen LogP contribution in [0.3, 0.4) is 0 Å². The Hall–Kier alpha value is -9.09. The van der Waals surface area contributed by atoms with E-state index < -0.39 is 5.41 Å². The Morgan fingerprint density at radius 2 is 1.06 bits per heavy atom. The molecular formula is C71H48N4O2Pt-2. The summed E-state index contributed by atoms with van der Waals surface area (Å²) in [4.78, 5) is 5.14. The van der Waals surface area contributed by atoms with E-state index in [0.717, 1.165) is 98.7 Å². The molecule has 10 aromatic carbocycles. The van der Waals surface area contributed by atoms with Crippen molar-refractivity contribution in [3.63, 3.8) is 0 Å². The molecule has 78 heavy (non-hydrogen) atoms. The van der Waals surface area contributed by atoms with Crippen molar-refractivity contribution in [1.82, 2.24) is 18.7 Å². The van der Waals surface area contributed by atoms with Gasteiger partial charge in [-0.1, -0.05) is 81.4 Å². The van der Waals surface area contributed by atoms with Crippen LogP contribution in [0, 0.1) is 15.9 Å². The van der Waals surface area contributed by atoms with Crippen LogP contribution in [0.15, 0.2) is 237 Å². The zero-order chi connectivity index (χ0) is 52.3. The van der Waals surface area contributed by atoms with Gasteiger partial charge >= 0.3 is 294 Å². The van der Waals surface area contributed by atoms with E-state index in [1.807, 2.05) is 24.4 Å². The number of hydrogen-bond donors (Lipinski definition) is 0. The van der Waals surface area contributed by atoms with Crippen LogP contribution in [-0.2, 0) is 30.2 Å². The number of nitrogens with zero attached hydrogens (tertiary/aromatic N) is 4. The van der Waals surface area contributed by atoms with Gasteiger partial charge < -0.3 is 4.74 Å². The normalized spacial score (nSPS) is 13.1. The third-order valence-electron chi connectivity index (χ3n) is 15.8. The number of aromatic nitrogens is 4. The van der Waals surface area contributed by atoms with Gasteiger partial charge in [0, 0.05) is 17.3 Å². The fraction of sp³-hybridized carbons (Fsp3) is 0.0704. The quantitative estimate of drug-likeness (QED) is 0.149. The number of fused-ring (bicyclic) bond motifs is 13. The molecule has 1 aliphatic carbocycles. The van der Waals surface area contributed by atoms with Gasteiger partial charge in [-0.15, -0.1) is 0 Å². The van der Waals surface area contributed by atoms with E-state index in [1.54, 1.807) is 0 Å². The van der Waals surface area contributed by atoms with E-state index >= 15 is 0 Å². The molecule has 0 N–H and O–H groups in total. The number of imidazole rings is 1. The molecule has 0 radical (unpaired) electrons. The molecule has 1 spiro atoms. The van der Waals surface area contributed by atoms with Gasteiger partial charge in [-0.05, 0) is 51.4 Å². The fourth-order valence-electron chi connectivity index (χ4n) is 12.4. The average Bonchev–Trinajstić information content (AvgIpc) is 4.10. The Labute approximate surface area is 463 Å². The Balaban J connectivity index is 0.906. The number of benzene rings is 10. The predicted molar refractivity (Wildman–Crippen MR) is 309 cm³/mol. The van der Waals surface area contributed by atoms with Gasteiger partial charge in [-0.3, -0.25) is 0 Å². The minimum absolute atomic E-state index is 0.116. The first-order valence-corrected chi connectivity index (χ1v) is 27.5. The van der Waals surface area contributed by atoms with E-state index in [4.69, 9.17) is 14.5 Å². The minimum atomic E-state index is -0.635. The summed E-state index contributed by atoms with van der Waals surface area (Å²) in [5.41, 5.74) is 18.1. The van der Waals surface area contributed by atoms with Crippen LogP contribution in [0.4, 0.5) is 0 Å². The molecule has 7 heteroatoms. The second kappa shape index (κ2) is 17.7.